The van der Waals surface area contributed by atoms with Gasteiger partial charge in [0.1, 0.15) is 5.78 Å². The summed E-state index contributed by atoms with van der Waals surface area (Å²) in [6, 6.07) is 0.495. The van der Waals surface area contributed by atoms with Crippen molar-refractivity contribution in [1.29, 1.82) is 0 Å². The van der Waals surface area contributed by atoms with Crippen LogP contribution in [0.25, 0.3) is 0 Å². The Morgan fingerprint density at radius 3 is 3.27 bits per heavy atom. The Morgan fingerprint density at radius 1 is 1.55 bits per heavy atom. The van der Waals surface area contributed by atoms with Crippen LogP contribution in [0.5, 0.6) is 0 Å². The van der Waals surface area contributed by atoms with Gasteiger partial charge in [0.05, 0.1) is 0 Å². The zero-order valence-electron chi connectivity index (χ0n) is 6.51. The molecule has 0 amide bonds. The van der Waals surface area contributed by atoms with E-state index < -0.39 is 0 Å². The number of hydrogen-bond donors (Lipinski definition) is 1. The molecule has 1 N–H and O–H groups in total. The average Bonchev–Trinajstić information content (AvgIpc) is 2.06. The van der Waals surface area contributed by atoms with E-state index in [2.05, 4.69) is 5.32 Å². The smallest absolute Gasteiger partial charge is 0.138 e. The molecule has 2 nitrogen and oxygen atoms in total. The van der Waals surface area contributed by atoms with Crippen molar-refractivity contribution in [1.82, 2.24) is 5.32 Å². The van der Waals surface area contributed by atoms with Crippen molar-refractivity contribution in [3.8, 4) is 0 Å². The van der Waals surface area contributed by atoms with Gasteiger partial charge in [-0.1, -0.05) is 0 Å². The number of rotatable bonds is 0. The minimum atomic E-state index is 0.352. The maximum absolute atomic E-state index is 11.4. The second-order valence-electron chi connectivity index (χ2n) is 3.25. The highest BCUT2D eigenvalue weighted by Crippen LogP contribution is 2.26. The number of ketones is 1. The molecular formula is C8H13NOS. The summed E-state index contributed by atoms with van der Waals surface area (Å²) < 4.78 is 0. The Morgan fingerprint density at radius 2 is 2.45 bits per heavy atom. The summed E-state index contributed by atoms with van der Waals surface area (Å²) >= 11 is 1.97. The first kappa shape index (κ1) is 7.62. The molecule has 2 rings (SSSR count). The van der Waals surface area contributed by atoms with Crippen LogP contribution in [0.1, 0.15) is 12.8 Å². The van der Waals surface area contributed by atoms with Crippen LogP contribution in [-0.4, -0.2) is 29.9 Å². The fourth-order valence-electron chi connectivity index (χ4n) is 1.89. The van der Waals surface area contributed by atoms with E-state index in [1.54, 1.807) is 0 Å². The third kappa shape index (κ3) is 1.44. The highest BCUT2D eigenvalue weighted by Gasteiger charge is 2.33. The molecule has 2 heterocycles. The summed E-state index contributed by atoms with van der Waals surface area (Å²) in [4.78, 5) is 11.4. The van der Waals surface area contributed by atoms with Crippen LogP contribution < -0.4 is 5.32 Å². The Balaban J connectivity index is 2.05. The van der Waals surface area contributed by atoms with E-state index in [9.17, 15) is 4.79 Å². The van der Waals surface area contributed by atoms with Crippen molar-refractivity contribution in [3.05, 3.63) is 0 Å². The highest BCUT2D eigenvalue weighted by molar-refractivity contribution is 7.99. The standard InChI is InChI=1S/C8H13NOS/c10-8-1-3-9-7-5-11-4-2-6(7)8/h6-7,9H,1-5H2. The minimum Gasteiger partial charge on any atom is -0.312 e. The van der Waals surface area contributed by atoms with Crippen LogP contribution in [-0.2, 0) is 4.79 Å². The largest absolute Gasteiger partial charge is 0.312 e. The van der Waals surface area contributed by atoms with Gasteiger partial charge in [0.25, 0.3) is 0 Å². The number of piperidine rings is 1. The number of hydrogen-bond acceptors (Lipinski definition) is 3. The van der Waals surface area contributed by atoms with E-state index in [0.717, 1.165) is 25.1 Å². The van der Waals surface area contributed by atoms with Crippen LogP contribution in [0.4, 0.5) is 0 Å². The quantitative estimate of drug-likeness (QED) is 0.581. The molecular weight excluding hydrogens is 158 g/mol. The van der Waals surface area contributed by atoms with Crippen LogP contribution in [0, 0.1) is 5.92 Å². The lowest BCUT2D eigenvalue weighted by Crippen LogP contribution is -2.49. The lowest BCUT2D eigenvalue weighted by atomic mass is 9.88. The van der Waals surface area contributed by atoms with Crippen LogP contribution in [0.2, 0.25) is 0 Å². The van der Waals surface area contributed by atoms with Gasteiger partial charge in [-0.25, -0.2) is 0 Å². The van der Waals surface area contributed by atoms with E-state index in [-0.39, 0.29) is 0 Å². The fraction of sp³-hybridized carbons (Fsp3) is 0.875. The van der Waals surface area contributed by atoms with Gasteiger partial charge in [-0.3, -0.25) is 4.79 Å². The number of carbonyl (C=O) groups is 1. The maximum atomic E-state index is 11.4. The SMILES string of the molecule is O=C1CCNC2CSCCC12. The molecule has 0 bridgehead atoms. The van der Waals surface area contributed by atoms with Crippen LogP contribution in [0.3, 0.4) is 0 Å². The molecule has 0 aliphatic carbocycles. The number of carbonyl (C=O) groups excluding carboxylic acids is 1. The van der Waals surface area contributed by atoms with Gasteiger partial charge in [0.2, 0.25) is 0 Å². The lowest BCUT2D eigenvalue weighted by Gasteiger charge is -2.34. The summed E-state index contributed by atoms with van der Waals surface area (Å²) in [7, 11) is 0. The van der Waals surface area contributed by atoms with Crippen LogP contribution >= 0.6 is 11.8 Å². The van der Waals surface area contributed by atoms with Crippen molar-refractivity contribution in [2.24, 2.45) is 5.92 Å². The predicted octanol–water partition coefficient (Wildman–Crippen LogP) is 0.671. The summed E-state index contributed by atoms with van der Waals surface area (Å²) in [6.07, 6.45) is 1.85. The highest BCUT2D eigenvalue weighted by atomic mass is 32.2. The summed E-state index contributed by atoms with van der Waals surface area (Å²) in [5.74, 6) is 3.16. The van der Waals surface area contributed by atoms with Gasteiger partial charge in [-0.15, -0.1) is 0 Å². The van der Waals surface area contributed by atoms with E-state index in [4.69, 9.17) is 0 Å². The first-order valence-corrected chi connectivity index (χ1v) is 5.37. The molecule has 2 saturated heterocycles. The van der Waals surface area contributed by atoms with Crippen LogP contribution in [0.15, 0.2) is 0 Å². The summed E-state index contributed by atoms with van der Waals surface area (Å²) in [5.41, 5.74) is 0. The summed E-state index contributed by atoms with van der Waals surface area (Å²) in [5, 5.41) is 3.41. The zero-order valence-corrected chi connectivity index (χ0v) is 7.32. The third-order valence-corrected chi connectivity index (χ3v) is 3.67. The van der Waals surface area contributed by atoms with Crippen molar-refractivity contribution in [3.63, 3.8) is 0 Å². The van der Waals surface area contributed by atoms with Gasteiger partial charge in [-0.05, 0) is 12.2 Å². The van der Waals surface area contributed by atoms with E-state index in [1.165, 1.54) is 5.75 Å². The van der Waals surface area contributed by atoms with Crippen molar-refractivity contribution >= 4 is 17.5 Å². The summed E-state index contributed by atoms with van der Waals surface area (Å²) in [6.45, 7) is 0.903. The van der Waals surface area contributed by atoms with Crippen molar-refractivity contribution in [2.45, 2.75) is 18.9 Å². The predicted molar refractivity (Wildman–Crippen MR) is 46.8 cm³/mol. The average molecular weight is 171 g/mol. The van der Waals surface area contributed by atoms with Crippen molar-refractivity contribution in [2.75, 3.05) is 18.1 Å². The molecule has 2 atom stereocenters. The topological polar surface area (TPSA) is 29.1 Å². The molecule has 0 aromatic rings. The number of nitrogens with one attached hydrogen (secondary N) is 1. The Bertz CT molecular complexity index is 169. The first-order chi connectivity index (χ1) is 5.38. The lowest BCUT2D eigenvalue weighted by molar-refractivity contribution is -0.125. The monoisotopic (exact) mass is 171 g/mol. The molecule has 11 heavy (non-hydrogen) atoms. The molecule has 0 aromatic carbocycles. The maximum Gasteiger partial charge on any atom is 0.138 e. The molecule has 0 saturated carbocycles. The van der Waals surface area contributed by atoms with Gasteiger partial charge < -0.3 is 5.32 Å². The molecule has 2 fully saturated rings. The Hall–Kier alpha value is -0.0200. The van der Waals surface area contributed by atoms with E-state index in [1.807, 2.05) is 11.8 Å². The van der Waals surface area contributed by atoms with Gasteiger partial charge >= 0.3 is 0 Å². The van der Waals surface area contributed by atoms with Gasteiger partial charge in [0.15, 0.2) is 0 Å². The molecule has 0 aromatic heterocycles. The third-order valence-electron chi connectivity index (χ3n) is 2.55. The number of fused-ring (bicyclic) bond motifs is 1. The van der Waals surface area contributed by atoms with E-state index in [0.29, 0.717) is 17.7 Å². The fourth-order valence-corrected chi connectivity index (χ4v) is 3.08. The molecule has 0 spiro atoms. The number of Topliss-reactive ketones (excluding diaryl/α,β-unsaturated/α-hetero) is 1. The zero-order chi connectivity index (χ0) is 7.68. The Labute approximate surface area is 71.1 Å². The second-order valence-corrected chi connectivity index (χ2v) is 4.40. The molecule has 2 unspecified atom stereocenters. The van der Waals surface area contributed by atoms with Gasteiger partial charge in [0, 0.05) is 30.7 Å². The number of thioether (sulfide) groups is 1. The molecule has 2 aliphatic heterocycles. The first-order valence-electron chi connectivity index (χ1n) is 4.22. The molecule has 0 radical (unpaired) electrons. The normalized spacial score (nSPS) is 38.4. The molecule has 2 aliphatic rings. The minimum absolute atomic E-state index is 0.352. The van der Waals surface area contributed by atoms with E-state index >= 15 is 0 Å². The molecule has 62 valence electrons. The Kier molecular flexibility index (Phi) is 2.18. The van der Waals surface area contributed by atoms with Crippen molar-refractivity contribution < 1.29 is 4.79 Å². The molecule has 3 heteroatoms. The second kappa shape index (κ2) is 3.15. The van der Waals surface area contributed by atoms with Gasteiger partial charge in [-0.2, -0.15) is 11.8 Å².